The third-order valence-electron chi connectivity index (χ3n) is 10.5. The predicted octanol–water partition coefficient (Wildman–Crippen LogP) is 18.9. The van der Waals surface area contributed by atoms with Gasteiger partial charge >= 0.3 is 187 Å². The third-order valence-corrected chi connectivity index (χ3v) is 16.4. The molecule has 0 spiro atoms. The number of hydrogen-bond acceptors (Lipinski definition) is 0. The summed E-state index contributed by atoms with van der Waals surface area (Å²) in [6.07, 6.45) is 0. The summed E-state index contributed by atoms with van der Waals surface area (Å²) < 4.78 is -2.27. The largest absolute Gasteiger partial charge is 0.214 e. The zero-order valence-corrected chi connectivity index (χ0v) is 43.7. The molecule has 62 heavy (non-hydrogen) atoms. The summed E-state index contributed by atoms with van der Waals surface area (Å²) in [5.41, 5.74) is 10.8. The first-order valence-corrected chi connectivity index (χ1v) is 29.9. The molecule has 0 nitrogen and oxygen atoms in total. The first-order valence-electron chi connectivity index (χ1n) is 20.0. The normalized spacial score (nSPS) is 12.0. The van der Waals surface area contributed by atoms with E-state index in [0.717, 1.165) is 14.3 Å². The first kappa shape index (κ1) is 49.1. The molecule has 0 aliphatic rings. The van der Waals surface area contributed by atoms with E-state index in [0.29, 0.717) is 11.1 Å². The molecule has 0 unspecified atom stereocenters. The van der Waals surface area contributed by atoms with E-state index >= 15 is 0 Å². The fourth-order valence-corrected chi connectivity index (χ4v) is 12.6. The van der Waals surface area contributed by atoms with Gasteiger partial charge in [0.25, 0.3) is 0 Å². The Hall–Kier alpha value is -2.39. The van der Waals surface area contributed by atoms with Gasteiger partial charge in [-0.1, -0.05) is 114 Å². The maximum absolute atomic E-state index is 6.37. The van der Waals surface area contributed by atoms with Crippen LogP contribution in [0.3, 0.4) is 0 Å². The quantitative estimate of drug-likeness (QED) is 0.122. The minimum absolute atomic E-state index is 0.0554. The Morgan fingerprint density at radius 3 is 1.15 bits per heavy atom. The molecule has 0 atom stereocenters. The van der Waals surface area contributed by atoms with E-state index in [2.05, 4.69) is 133 Å². The van der Waals surface area contributed by atoms with Crippen molar-refractivity contribution in [1.29, 1.82) is 0 Å². The average Bonchev–Trinajstić information content (AvgIpc) is 3.92. The van der Waals surface area contributed by atoms with Crippen molar-refractivity contribution >= 4 is 111 Å². The summed E-state index contributed by atoms with van der Waals surface area (Å²) in [7, 11) is 12.7. The van der Waals surface area contributed by atoms with E-state index in [9.17, 15) is 0 Å². The van der Waals surface area contributed by atoms with Gasteiger partial charge in [-0.2, -0.15) is 18.2 Å². The van der Waals surface area contributed by atoms with Gasteiger partial charge in [0.05, 0.1) is 0 Å². The van der Waals surface area contributed by atoms with Gasteiger partial charge in [0.15, 0.2) is 0 Å². The Kier molecular flexibility index (Phi) is 16.2. The molecule has 0 aromatic heterocycles. The van der Waals surface area contributed by atoms with Crippen molar-refractivity contribution in [3.8, 4) is 22.3 Å². The molecule has 320 valence electrons. The monoisotopic (exact) mass is 1050 g/mol. The molecule has 0 bridgehead atoms. The Labute approximate surface area is 411 Å². The van der Waals surface area contributed by atoms with E-state index in [-0.39, 0.29) is 10.8 Å². The van der Waals surface area contributed by atoms with Gasteiger partial charge in [-0.25, -0.2) is 12.1 Å². The Morgan fingerprint density at radius 1 is 0.452 bits per heavy atom. The number of benzene rings is 6. The molecular formula is C53H46Cl8Zr-2. The van der Waals surface area contributed by atoms with Crippen molar-refractivity contribution in [3.63, 3.8) is 0 Å². The summed E-state index contributed by atoms with van der Waals surface area (Å²) >= 11 is 32.9. The summed E-state index contributed by atoms with van der Waals surface area (Å²) in [6.45, 7) is 13.9. The van der Waals surface area contributed by atoms with E-state index in [1.807, 2.05) is 42.5 Å². The molecular weight excluding hydrogens is 1010 g/mol. The van der Waals surface area contributed by atoms with Gasteiger partial charge in [0.2, 0.25) is 0 Å². The third kappa shape index (κ3) is 12.3. The second-order valence-corrected chi connectivity index (χ2v) is 29.8. The van der Waals surface area contributed by atoms with Crippen molar-refractivity contribution in [1.82, 2.24) is 0 Å². The molecule has 0 saturated carbocycles. The standard InChI is InChI=1S/C33H33.C15H8Cl6.C5H5.2ClH.Zr/c1-32(2,3)30-20-26-24(18-28(30)22-13-9-7-10-14-22)17-25-19-29(23-15-11-8-12-16-23)31(21-27(25)26)33(4,5)6;16-14(17,18)12-5-1-3-10(8-12)7-11-4-2-6-13(9-11)15(19,20)21;1-2-4-5-3-1;;;/h7-21H,1-6H3;1-6,8-9H;1-5H;2*1H;/q-1;;-1;;;+2/p-2. The van der Waals surface area contributed by atoms with E-state index in [1.54, 1.807) is 36.4 Å². The zero-order chi connectivity index (χ0) is 45.0. The van der Waals surface area contributed by atoms with Crippen LogP contribution in [0.1, 0.15) is 74.9 Å². The molecule has 0 aliphatic carbocycles. The van der Waals surface area contributed by atoms with Gasteiger partial charge < -0.3 is 0 Å². The molecule has 0 amide bonds. The summed E-state index contributed by atoms with van der Waals surface area (Å²) in [5.74, 6) is 0. The fraction of sp³-hybridized carbons (Fsp3) is 0.189. The van der Waals surface area contributed by atoms with Gasteiger partial charge in [-0.3, -0.25) is 0 Å². The van der Waals surface area contributed by atoms with Crippen LogP contribution in [-0.2, 0) is 37.3 Å². The number of rotatable bonds is 4. The van der Waals surface area contributed by atoms with Crippen molar-refractivity contribution in [2.45, 2.75) is 60.0 Å². The van der Waals surface area contributed by atoms with Crippen LogP contribution in [0.25, 0.3) is 43.8 Å². The van der Waals surface area contributed by atoms with Crippen LogP contribution in [0, 0.1) is 0 Å². The van der Waals surface area contributed by atoms with E-state index in [4.69, 9.17) is 86.6 Å². The van der Waals surface area contributed by atoms with Crippen LogP contribution in [0.2, 0.25) is 0 Å². The van der Waals surface area contributed by atoms with Crippen molar-refractivity contribution in [2.75, 3.05) is 0 Å². The van der Waals surface area contributed by atoms with E-state index in [1.165, 1.54) is 54.9 Å². The van der Waals surface area contributed by atoms with Crippen LogP contribution in [0.5, 0.6) is 0 Å². The summed E-state index contributed by atoms with van der Waals surface area (Å²) in [5, 5.41) is 5.36. The molecule has 8 rings (SSSR count). The van der Waals surface area contributed by atoms with Crippen LogP contribution < -0.4 is 0 Å². The molecule has 0 aliphatic heterocycles. The van der Waals surface area contributed by atoms with Crippen molar-refractivity contribution in [3.05, 3.63) is 203 Å². The second kappa shape index (κ2) is 20.4. The fourth-order valence-electron chi connectivity index (χ4n) is 7.47. The Balaban J connectivity index is 0.000000193. The summed E-state index contributed by atoms with van der Waals surface area (Å²) in [4.78, 5) is 0. The molecule has 0 N–H and O–H groups in total. The molecule has 0 fully saturated rings. The number of alkyl halides is 6. The Morgan fingerprint density at radius 2 is 0.839 bits per heavy atom. The zero-order valence-electron chi connectivity index (χ0n) is 35.2. The topological polar surface area (TPSA) is 0 Å². The SMILES string of the molecule is CC(C)(C)c1cc2c(cc1-c1ccccc1)[cH-]c1cc(-c3ccccc3)c(C(C)(C)C)cc12.[Cl][Zr]([Cl])=[C](c1cccc(C(Cl)(Cl)Cl)c1)c1cccc(C(Cl)(Cl)Cl)c1.c1cc[cH-]c1. The molecule has 8 aromatic carbocycles. The minimum atomic E-state index is -2.89. The van der Waals surface area contributed by atoms with Crippen LogP contribution in [0.4, 0.5) is 0 Å². The van der Waals surface area contributed by atoms with Gasteiger partial charge in [0.1, 0.15) is 0 Å². The van der Waals surface area contributed by atoms with Crippen molar-refractivity contribution < 1.29 is 18.9 Å². The second-order valence-electron chi connectivity index (χ2n) is 17.1. The molecule has 9 heteroatoms. The van der Waals surface area contributed by atoms with Gasteiger partial charge in [0, 0.05) is 0 Å². The predicted molar refractivity (Wildman–Crippen MR) is 274 cm³/mol. The minimum Gasteiger partial charge on any atom is -0.214 e. The average molecular weight is 1060 g/mol. The summed E-state index contributed by atoms with van der Waals surface area (Å²) in [6, 6.07) is 58.0. The Bertz CT molecular complexity index is 2580. The number of halogens is 8. The van der Waals surface area contributed by atoms with Crippen molar-refractivity contribution in [2.24, 2.45) is 0 Å². The van der Waals surface area contributed by atoms with Crippen LogP contribution >= 0.6 is 86.6 Å². The maximum Gasteiger partial charge on any atom is -0.172 e. The van der Waals surface area contributed by atoms with Crippen LogP contribution in [-0.4, -0.2) is 3.21 Å². The maximum atomic E-state index is 6.37. The molecule has 0 heterocycles. The number of fused-ring (bicyclic) bond motifs is 3. The van der Waals surface area contributed by atoms with E-state index < -0.39 is 26.5 Å². The molecule has 0 radical (unpaired) electrons. The molecule has 0 saturated heterocycles. The molecule has 8 aromatic rings. The van der Waals surface area contributed by atoms with Gasteiger partial charge in [-0.05, 0) is 44.2 Å². The first-order chi connectivity index (χ1) is 29.1. The number of hydrogen-bond donors (Lipinski definition) is 0. The van der Waals surface area contributed by atoms with Crippen LogP contribution in [0.15, 0.2) is 170 Å². The smallest absolute Gasteiger partial charge is 0.172 e. The van der Waals surface area contributed by atoms with Gasteiger partial charge in [-0.15, -0.1) is 39.7 Å².